The molecule has 2 atom stereocenters. The smallest absolute Gasteiger partial charge is 0.412 e. The maximum atomic E-state index is 12.9. The lowest BCUT2D eigenvalue weighted by Gasteiger charge is -2.33. The fourth-order valence-electron chi connectivity index (χ4n) is 3.43. The van der Waals surface area contributed by atoms with Crippen molar-refractivity contribution in [2.75, 3.05) is 5.33 Å². The molecule has 2 aromatic rings. The lowest BCUT2D eigenvalue weighted by Crippen LogP contribution is -2.49. The molecule has 0 saturated carbocycles. The number of hydrogen-bond donors (Lipinski definition) is 0. The quantitative estimate of drug-likeness (QED) is 0.657. The fraction of sp³-hybridized carbons (Fsp3) is 0.381. The Balaban J connectivity index is 1.77. The molecule has 0 radical (unpaired) electrons. The van der Waals surface area contributed by atoms with Crippen molar-refractivity contribution in [3.8, 4) is 0 Å². The van der Waals surface area contributed by atoms with E-state index in [1.807, 2.05) is 62.4 Å². The Morgan fingerprint density at radius 2 is 1.65 bits per heavy atom. The van der Waals surface area contributed by atoms with Crippen molar-refractivity contribution < 1.29 is 14.3 Å². The molecule has 0 N–H and O–H groups in total. The van der Waals surface area contributed by atoms with E-state index in [0.717, 1.165) is 12.0 Å². The summed E-state index contributed by atoms with van der Waals surface area (Å²) in [6.07, 6.45) is 0.291. The maximum absolute atomic E-state index is 12.9. The molecule has 0 bridgehead atoms. The number of carbonyl (C=O) groups is 1. The zero-order valence-electron chi connectivity index (χ0n) is 15.1. The third kappa shape index (κ3) is 4.27. The fourth-order valence-corrected chi connectivity index (χ4v) is 3.99. The molecule has 26 heavy (non-hydrogen) atoms. The van der Waals surface area contributed by atoms with E-state index in [2.05, 4.69) is 28.1 Å². The molecular weight excluding hydrogens is 394 g/mol. The molecule has 1 aliphatic heterocycles. The number of carbonyl (C=O) groups excluding carboxylic acids is 1. The summed E-state index contributed by atoms with van der Waals surface area (Å²) in [5, 5.41) is 0.663. The SMILES string of the molecule is CC1(C)OC(CBr)C(Cc2ccccc2)N1C(=O)OCc1ccccc1. The first-order valence-corrected chi connectivity index (χ1v) is 9.91. The molecule has 2 aromatic carbocycles. The molecule has 5 heteroatoms. The van der Waals surface area contributed by atoms with E-state index < -0.39 is 5.72 Å². The highest BCUT2D eigenvalue weighted by atomic mass is 79.9. The van der Waals surface area contributed by atoms with Crippen LogP contribution in [0.15, 0.2) is 60.7 Å². The number of ether oxygens (including phenoxy) is 2. The van der Waals surface area contributed by atoms with Crippen molar-refractivity contribution in [3.63, 3.8) is 0 Å². The van der Waals surface area contributed by atoms with Gasteiger partial charge in [0.05, 0.1) is 12.1 Å². The van der Waals surface area contributed by atoms with Crippen LogP contribution < -0.4 is 0 Å². The number of halogens is 1. The van der Waals surface area contributed by atoms with Gasteiger partial charge in [-0.2, -0.15) is 0 Å². The minimum Gasteiger partial charge on any atom is -0.444 e. The van der Waals surface area contributed by atoms with Crippen LogP contribution >= 0.6 is 15.9 Å². The summed E-state index contributed by atoms with van der Waals surface area (Å²) in [7, 11) is 0. The topological polar surface area (TPSA) is 38.8 Å². The van der Waals surface area contributed by atoms with Crippen molar-refractivity contribution in [1.82, 2.24) is 4.90 Å². The number of benzene rings is 2. The lowest BCUT2D eigenvalue weighted by molar-refractivity contribution is -0.0656. The van der Waals surface area contributed by atoms with Crippen LogP contribution in [0.3, 0.4) is 0 Å². The third-order valence-electron chi connectivity index (χ3n) is 4.62. The van der Waals surface area contributed by atoms with Crippen molar-refractivity contribution in [2.45, 2.75) is 44.7 Å². The first-order chi connectivity index (χ1) is 12.5. The molecule has 2 unspecified atom stereocenters. The van der Waals surface area contributed by atoms with Gasteiger partial charge >= 0.3 is 6.09 Å². The van der Waals surface area contributed by atoms with E-state index in [9.17, 15) is 4.79 Å². The minimum atomic E-state index is -0.717. The van der Waals surface area contributed by atoms with E-state index in [0.29, 0.717) is 5.33 Å². The molecule has 138 valence electrons. The van der Waals surface area contributed by atoms with Gasteiger partial charge in [0, 0.05) is 5.33 Å². The number of amides is 1. The van der Waals surface area contributed by atoms with Crippen molar-refractivity contribution in [1.29, 1.82) is 0 Å². The second-order valence-corrected chi connectivity index (χ2v) is 7.57. The van der Waals surface area contributed by atoms with Crippen molar-refractivity contribution >= 4 is 22.0 Å². The number of nitrogens with zero attached hydrogens (tertiary/aromatic N) is 1. The zero-order chi connectivity index (χ0) is 18.6. The first kappa shape index (κ1) is 18.9. The maximum Gasteiger partial charge on any atom is 0.412 e. The normalized spacial score (nSPS) is 21.6. The molecule has 1 aliphatic rings. The summed E-state index contributed by atoms with van der Waals surface area (Å²) in [5.41, 5.74) is 1.42. The molecule has 3 rings (SSSR count). The molecule has 1 amide bonds. The third-order valence-corrected chi connectivity index (χ3v) is 5.26. The zero-order valence-corrected chi connectivity index (χ0v) is 16.7. The Kier molecular flexibility index (Phi) is 5.99. The van der Waals surface area contributed by atoms with Crippen LogP contribution in [0.4, 0.5) is 4.79 Å². The summed E-state index contributed by atoms with van der Waals surface area (Å²) in [6, 6.07) is 19.8. The van der Waals surface area contributed by atoms with Gasteiger partial charge in [-0.3, -0.25) is 4.90 Å². The van der Waals surface area contributed by atoms with Gasteiger partial charge in [0.25, 0.3) is 0 Å². The highest BCUT2D eigenvalue weighted by Crippen LogP contribution is 2.35. The van der Waals surface area contributed by atoms with Crippen LogP contribution in [-0.4, -0.2) is 34.2 Å². The molecule has 0 aliphatic carbocycles. The number of alkyl halides is 1. The van der Waals surface area contributed by atoms with E-state index in [1.165, 1.54) is 5.56 Å². The van der Waals surface area contributed by atoms with Crippen LogP contribution in [-0.2, 0) is 22.5 Å². The van der Waals surface area contributed by atoms with Gasteiger partial charge in [0.2, 0.25) is 0 Å². The van der Waals surface area contributed by atoms with E-state index in [4.69, 9.17) is 9.47 Å². The Bertz CT molecular complexity index is 721. The van der Waals surface area contributed by atoms with Gasteiger partial charge in [-0.1, -0.05) is 76.6 Å². The average molecular weight is 418 g/mol. The van der Waals surface area contributed by atoms with Gasteiger partial charge in [-0.05, 0) is 31.4 Å². The van der Waals surface area contributed by atoms with E-state index in [1.54, 1.807) is 4.90 Å². The van der Waals surface area contributed by atoms with Gasteiger partial charge in [0.1, 0.15) is 12.3 Å². The second kappa shape index (κ2) is 8.23. The van der Waals surface area contributed by atoms with Crippen molar-refractivity contribution in [3.05, 3.63) is 71.8 Å². The second-order valence-electron chi connectivity index (χ2n) is 6.92. The average Bonchev–Trinajstić information content (AvgIpc) is 2.91. The van der Waals surface area contributed by atoms with Gasteiger partial charge in [-0.25, -0.2) is 4.79 Å². The Hall–Kier alpha value is -1.85. The molecule has 1 heterocycles. The lowest BCUT2D eigenvalue weighted by atomic mass is 10.0. The van der Waals surface area contributed by atoms with Crippen LogP contribution in [0.5, 0.6) is 0 Å². The highest BCUT2D eigenvalue weighted by molar-refractivity contribution is 9.09. The Labute approximate surface area is 163 Å². The summed E-state index contributed by atoms with van der Waals surface area (Å²) in [4.78, 5) is 14.6. The predicted molar refractivity (Wildman–Crippen MR) is 105 cm³/mol. The largest absolute Gasteiger partial charge is 0.444 e. The standard InChI is InChI=1S/C21H24BrNO3/c1-21(2)23(20(24)25-15-17-11-7-4-8-12-17)18(19(14-22)26-21)13-16-9-5-3-6-10-16/h3-12,18-19H,13-15H2,1-2H3. The molecule has 1 fully saturated rings. The number of rotatable bonds is 5. The van der Waals surface area contributed by atoms with Crippen LogP contribution in [0.25, 0.3) is 0 Å². The van der Waals surface area contributed by atoms with Crippen LogP contribution in [0.2, 0.25) is 0 Å². The minimum absolute atomic E-state index is 0.0879. The molecule has 0 spiro atoms. The highest BCUT2D eigenvalue weighted by Gasteiger charge is 2.50. The summed E-state index contributed by atoms with van der Waals surface area (Å²) in [5.74, 6) is 0. The van der Waals surface area contributed by atoms with Crippen LogP contribution in [0, 0.1) is 0 Å². The molecule has 4 nitrogen and oxygen atoms in total. The summed E-state index contributed by atoms with van der Waals surface area (Å²) < 4.78 is 11.7. The Morgan fingerprint density at radius 3 is 2.23 bits per heavy atom. The predicted octanol–water partition coefficient (Wildman–Crippen LogP) is 4.77. The van der Waals surface area contributed by atoms with Gasteiger partial charge < -0.3 is 9.47 Å². The Morgan fingerprint density at radius 1 is 1.08 bits per heavy atom. The number of hydrogen-bond acceptors (Lipinski definition) is 3. The molecule has 1 saturated heterocycles. The molecule has 0 aromatic heterocycles. The van der Waals surface area contributed by atoms with E-state index in [-0.39, 0.29) is 24.8 Å². The summed E-state index contributed by atoms with van der Waals surface area (Å²) in [6.45, 7) is 4.08. The van der Waals surface area contributed by atoms with Crippen molar-refractivity contribution in [2.24, 2.45) is 0 Å². The molecular formula is C21H24BrNO3. The van der Waals surface area contributed by atoms with Gasteiger partial charge in [0.15, 0.2) is 0 Å². The monoisotopic (exact) mass is 417 g/mol. The first-order valence-electron chi connectivity index (χ1n) is 8.79. The van der Waals surface area contributed by atoms with Gasteiger partial charge in [-0.15, -0.1) is 0 Å². The van der Waals surface area contributed by atoms with Crippen LogP contribution in [0.1, 0.15) is 25.0 Å². The van der Waals surface area contributed by atoms with E-state index >= 15 is 0 Å². The summed E-state index contributed by atoms with van der Waals surface area (Å²) >= 11 is 3.53.